The van der Waals surface area contributed by atoms with Crippen LogP contribution in [0.5, 0.6) is 0 Å². The molecule has 1 amide bonds. The van der Waals surface area contributed by atoms with E-state index in [0.29, 0.717) is 29.4 Å². The lowest BCUT2D eigenvalue weighted by molar-refractivity contribution is 0.0185. The lowest BCUT2D eigenvalue weighted by Crippen LogP contribution is -2.42. The number of likely N-dealkylation sites (tertiary alicyclic amines) is 1. The van der Waals surface area contributed by atoms with Crippen LogP contribution in [0.25, 0.3) is 0 Å². The monoisotopic (exact) mass is 437 g/mol. The largest absolute Gasteiger partial charge is 0.444 e. The second kappa shape index (κ2) is 8.55. The molecule has 0 unspecified atom stereocenters. The topological polar surface area (TPSA) is 72.9 Å². The number of carbonyl (C=O) groups excluding carboxylic acids is 1. The summed E-state index contributed by atoms with van der Waals surface area (Å²) in [6, 6.07) is 5.07. The summed E-state index contributed by atoms with van der Waals surface area (Å²) in [7, 11) is -3.59. The quantitative estimate of drug-likeness (QED) is 0.647. The van der Waals surface area contributed by atoms with Gasteiger partial charge in [0, 0.05) is 6.54 Å². The highest BCUT2D eigenvalue weighted by Gasteiger charge is 2.38. The molecule has 1 aromatic rings. The van der Waals surface area contributed by atoms with Gasteiger partial charge in [0.05, 0.1) is 28.9 Å². The number of benzene rings is 1. The zero-order chi connectivity index (χ0) is 20.4. The summed E-state index contributed by atoms with van der Waals surface area (Å²) in [5, 5.41) is 0.967. The molecule has 152 valence electrons. The Bertz CT molecular complexity index is 791. The van der Waals surface area contributed by atoms with Crippen LogP contribution in [-0.4, -0.2) is 50.5 Å². The normalized spacial score (nSPS) is 20.7. The van der Waals surface area contributed by atoms with E-state index in [1.807, 2.05) is 12.1 Å². The average Bonchev–Trinajstić information content (AvgIpc) is 2.90. The minimum atomic E-state index is -3.59. The maximum absolute atomic E-state index is 12.6. The molecule has 0 saturated carbocycles. The second-order valence-electron chi connectivity index (χ2n) is 7.83. The van der Waals surface area contributed by atoms with Crippen LogP contribution in [0, 0.1) is 5.92 Å². The minimum Gasteiger partial charge on any atom is -0.444 e. The van der Waals surface area contributed by atoms with Gasteiger partial charge in [-0.1, -0.05) is 29.3 Å². The molecule has 1 fully saturated rings. The summed E-state index contributed by atoms with van der Waals surface area (Å²) in [5.41, 5.74) is 0.365. The number of halogens is 2. The third-order valence-electron chi connectivity index (χ3n) is 4.11. The smallest absolute Gasteiger partial charge is 0.410 e. The first kappa shape index (κ1) is 22.3. The van der Waals surface area contributed by atoms with Crippen molar-refractivity contribution in [3.8, 4) is 0 Å². The number of nitrogens with zero attached hydrogens (tertiary/aromatic N) is 1. The number of hydrogen-bond acceptors (Lipinski definition) is 5. The first-order valence-electron chi connectivity index (χ1n) is 8.62. The van der Waals surface area contributed by atoms with E-state index in [9.17, 15) is 13.2 Å². The van der Waals surface area contributed by atoms with Gasteiger partial charge >= 0.3 is 6.09 Å². The molecular weight excluding hydrogens is 413 g/mol. The number of carbonyl (C=O) groups is 1. The van der Waals surface area contributed by atoms with Crippen molar-refractivity contribution < 1.29 is 22.1 Å². The summed E-state index contributed by atoms with van der Waals surface area (Å²) in [6.07, 6.45) is 1.81. The highest BCUT2D eigenvalue weighted by atomic mass is 35.5. The maximum atomic E-state index is 12.6. The van der Waals surface area contributed by atoms with Crippen molar-refractivity contribution in [3.05, 3.63) is 33.8 Å². The van der Waals surface area contributed by atoms with Gasteiger partial charge in [-0.15, -0.1) is 0 Å². The summed E-state index contributed by atoms with van der Waals surface area (Å²) in [4.78, 5) is 14.1. The minimum absolute atomic E-state index is 0.0874. The zero-order valence-electron chi connectivity index (χ0n) is 15.9. The molecule has 0 spiro atoms. The fourth-order valence-corrected chi connectivity index (χ4v) is 3.79. The number of rotatable bonds is 5. The van der Waals surface area contributed by atoms with Crippen LogP contribution in [0.4, 0.5) is 4.79 Å². The van der Waals surface area contributed by atoms with Crippen molar-refractivity contribution in [1.29, 1.82) is 0 Å². The molecule has 0 aromatic heterocycles. The van der Waals surface area contributed by atoms with Crippen LogP contribution in [0.3, 0.4) is 0 Å². The fraction of sp³-hybridized carbons (Fsp3) is 0.611. The summed E-state index contributed by atoms with van der Waals surface area (Å²) >= 11 is 12.0. The second-order valence-corrected chi connectivity index (χ2v) is 10.3. The molecule has 1 aromatic carbocycles. The van der Waals surface area contributed by atoms with Gasteiger partial charge in [0.15, 0.2) is 0 Å². The molecule has 0 bridgehead atoms. The molecule has 27 heavy (non-hydrogen) atoms. The van der Waals surface area contributed by atoms with E-state index in [-0.39, 0.29) is 18.6 Å². The Labute approximate surface area is 170 Å². The number of hydrogen-bond donors (Lipinski definition) is 0. The van der Waals surface area contributed by atoms with Gasteiger partial charge in [-0.2, -0.15) is 8.42 Å². The molecular formula is C18H25Cl2NO5S. The number of ether oxygens (including phenoxy) is 1. The average molecular weight is 438 g/mol. The third kappa shape index (κ3) is 7.14. The van der Waals surface area contributed by atoms with E-state index in [2.05, 4.69) is 0 Å². The van der Waals surface area contributed by atoms with Crippen LogP contribution in [0.15, 0.2) is 18.2 Å². The molecule has 0 N–H and O–H groups in total. The van der Waals surface area contributed by atoms with Gasteiger partial charge in [-0.25, -0.2) is 4.79 Å². The Morgan fingerprint density at radius 1 is 1.26 bits per heavy atom. The van der Waals surface area contributed by atoms with Gasteiger partial charge < -0.3 is 9.64 Å². The van der Waals surface area contributed by atoms with E-state index in [1.54, 1.807) is 31.7 Å². The van der Waals surface area contributed by atoms with Crippen LogP contribution in [0.1, 0.15) is 32.8 Å². The standard InChI is InChI=1S/C18H25Cl2NO5S/c1-18(2,3)26-17(22)21-10-13(8-14(21)11-25-27(4,23)24)7-12-5-6-15(19)16(20)9-12/h5-6,9,13-14H,7-8,10-11H2,1-4H3/t13-,14+/m1/s1. The molecule has 2 atom stereocenters. The molecule has 0 radical (unpaired) electrons. The lowest BCUT2D eigenvalue weighted by atomic mass is 9.97. The fourth-order valence-electron chi connectivity index (χ4n) is 3.07. The van der Waals surface area contributed by atoms with Crippen molar-refractivity contribution in [2.45, 2.75) is 45.3 Å². The van der Waals surface area contributed by atoms with E-state index in [4.69, 9.17) is 32.1 Å². The number of amides is 1. The SMILES string of the molecule is CC(C)(C)OC(=O)N1C[C@H](Cc2ccc(Cl)c(Cl)c2)C[C@H]1COS(C)(=O)=O. The van der Waals surface area contributed by atoms with E-state index in [0.717, 1.165) is 11.8 Å². The Morgan fingerprint density at radius 2 is 1.93 bits per heavy atom. The Morgan fingerprint density at radius 3 is 2.48 bits per heavy atom. The maximum Gasteiger partial charge on any atom is 0.410 e. The van der Waals surface area contributed by atoms with Crippen molar-refractivity contribution in [1.82, 2.24) is 4.90 Å². The van der Waals surface area contributed by atoms with E-state index < -0.39 is 21.8 Å². The van der Waals surface area contributed by atoms with Crippen molar-refractivity contribution in [2.24, 2.45) is 5.92 Å². The van der Waals surface area contributed by atoms with E-state index >= 15 is 0 Å². The van der Waals surface area contributed by atoms with Gasteiger partial charge in [-0.05, 0) is 57.2 Å². The lowest BCUT2D eigenvalue weighted by Gasteiger charge is -2.28. The van der Waals surface area contributed by atoms with Gasteiger partial charge in [0.2, 0.25) is 0 Å². The summed E-state index contributed by atoms with van der Waals surface area (Å²) in [5.74, 6) is 0.128. The summed E-state index contributed by atoms with van der Waals surface area (Å²) in [6.45, 7) is 5.73. The van der Waals surface area contributed by atoms with Crippen molar-refractivity contribution in [3.63, 3.8) is 0 Å². The third-order valence-corrected chi connectivity index (χ3v) is 5.42. The highest BCUT2D eigenvalue weighted by Crippen LogP contribution is 2.30. The Hall–Kier alpha value is -1.02. The van der Waals surface area contributed by atoms with Crippen LogP contribution >= 0.6 is 23.2 Å². The Balaban J connectivity index is 2.12. The molecule has 6 nitrogen and oxygen atoms in total. The van der Waals surface area contributed by atoms with Crippen LogP contribution in [-0.2, 0) is 25.5 Å². The van der Waals surface area contributed by atoms with Crippen molar-refractivity contribution in [2.75, 3.05) is 19.4 Å². The first-order valence-corrected chi connectivity index (χ1v) is 11.2. The molecule has 2 rings (SSSR count). The summed E-state index contributed by atoms with van der Waals surface area (Å²) < 4.78 is 33.1. The van der Waals surface area contributed by atoms with Gasteiger partial charge in [-0.3, -0.25) is 4.18 Å². The Kier molecular flexibility index (Phi) is 7.06. The molecule has 0 aliphatic carbocycles. The molecule has 1 saturated heterocycles. The molecule has 9 heteroatoms. The highest BCUT2D eigenvalue weighted by molar-refractivity contribution is 7.85. The predicted octanol–water partition coefficient (Wildman–Crippen LogP) is 4.14. The van der Waals surface area contributed by atoms with Gasteiger partial charge in [0.1, 0.15) is 5.60 Å². The molecule has 1 heterocycles. The van der Waals surface area contributed by atoms with Crippen molar-refractivity contribution >= 4 is 39.4 Å². The molecule has 1 aliphatic rings. The van der Waals surface area contributed by atoms with Crippen LogP contribution < -0.4 is 0 Å². The molecule has 1 aliphatic heterocycles. The zero-order valence-corrected chi connectivity index (χ0v) is 18.2. The van der Waals surface area contributed by atoms with E-state index in [1.165, 1.54) is 0 Å². The van der Waals surface area contributed by atoms with Crippen LogP contribution in [0.2, 0.25) is 10.0 Å². The predicted molar refractivity (Wildman–Crippen MR) is 106 cm³/mol. The van der Waals surface area contributed by atoms with Gasteiger partial charge in [0.25, 0.3) is 10.1 Å². The first-order chi connectivity index (χ1) is 12.3.